The van der Waals surface area contributed by atoms with Crippen LogP contribution >= 0.6 is 0 Å². The van der Waals surface area contributed by atoms with Crippen LogP contribution in [0.2, 0.25) is 0 Å². The van der Waals surface area contributed by atoms with E-state index in [2.05, 4.69) is 15.6 Å². The average molecular weight is 505 g/mol. The van der Waals surface area contributed by atoms with E-state index in [9.17, 15) is 19.2 Å². The number of likely N-dealkylation sites (tertiary alicyclic amines) is 1. The van der Waals surface area contributed by atoms with Crippen LogP contribution in [-0.2, 0) is 6.54 Å². The minimum Gasteiger partial charge on any atom is -0.346 e. The maximum absolute atomic E-state index is 13.3. The van der Waals surface area contributed by atoms with Crippen LogP contribution in [0.4, 0.5) is 10.5 Å². The lowest BCUT2D eigenvalue weighted by Gasteiger charge is -2.33. The quantitative estimate of drug-likeness (QED) is 0.535. The lowest BCUT2D eigenvalue weighted by Crippen LogP contribution is -2.50. The molecule has 10 nitrogen and oxygen atoms in total. The highest BCUT2D eigenvalue weighted by molar-refractivity contribution is 5.93. The fourth-order valence-electron chi connectivity index (χ4n) is 4.92. The van der Waals surface area contributed by atoms with Gasteiger partial charge >= 0.3 is 11.7 Å². The molecule has 10 heteroatoms. The molecule has 1 saturated carbocycles. The van der Waals surface area contributed by atoms with Gasteiger partial charge in [-0.15, -0.1) is 0 Å². The molecule has 1 aromatic carbocycles. The van der Waals surface area contributed by atoms with Crippen LogP contribution in [0, 0.1) is 5.92 Å². The first-order valence-electron chi connectivity index (χ1n) is 12.9. The fraction of sp³-hybridized carbons (Fsp3) is 0.444. The van der Waals surface area contributed by atoms with Crippen molar-refractivity contribution in [3.63, 3.8) is 0 Å². The molecule has 1 saturated heterocycles. The molecule has 2 fully saturated rings. The number of rotatable bonds is 6. The fourth-order valence-corrected chi connectivity index (χ4v) is 4.92. The predicted molar refractivity (Wildman–Crippen MR) is 141 cm³/mol. The number of urea groups is 1. The van der Waals surface area contributed by atoms with Crippen molar-refractivity contribution < 1.29 is 9.59 Å². The molecule has 3 aromatic rings. The van der Waals surface area contributed by atoms with Crippen molar-refractivity contribution in [2.45, 2.75) is 58.2 Å². The Morgan fingerprint density at radius 3 is 2.62 bits per heavy atom. The molecule has 0 radical (unpaired) electrons. The van der Waals surface area contributed by atoms with E-state index >= 15 is 0 Å². The van der Waals surface area contributed by atoms with E-state index in [1.165, 1.54) is 4.57 Å². The molecular formula is C27H32N6O4. The number of nitrogens with one attached hydrogen (secondary N) is 2. The Balaban J connectivity index is 1.34. The first-order valence-corrected chi connectivity index (χ1v) is 12.9. The summed E-state index contributed by atoms with van der Waals surface area (Å²) >= 11 is 0. The molecular weight excluding hydrogens is 472 g/mol. The molecule has 1 atom stereocenters. The molecule has 3 amide bonds. The number of hydrogen-bond donors (Lipinski definition) is 2. The van der Waals surface area contributed by atoms with Gasteiger partial charge in [-0.05, 0) is 75.8 Å². The molecule has 2 N–H and O–H groups in total. The Bertz CT molecular complexity index is 1440. The van der Waals surface area contributed by atoms with Crippen LogP contribution in [0.25, 0.3) is 10.9 Å². The van der Waals surface area contributed by atoms with Gasteiger partial charge in [-0.25, -0.2) is 9.59 Å². The number of hydrogen-bond acceptors (Lipinski definition) is 5. The Hall–Kier alpha value is -3.95. The standard InChI is InChI=1S/C27H32N6O4/c1-17(2)33-23-11-10-19(14-21(23)25(35)32(27(33)37)15-18-8-9-18)30-26(36)31-13-5-6-20(16-31)29-24(34)22-7-3-4-12-28-22/h3-4,7,10-12,14,17-18,20H,5-6,8-9,13,15-16H2,1-2H3,(H,29,34)(H,30,36)/t20-/m1/s1. The number of fused-ring (bicyclic) bond motifs is 1. The SMILES string of the molecule is CC(C)n1c(=O)n(CC2CC2)c(=O)c2cc(NC(=O)N3CCC[C@@H](NC(=O)c4ccccn4)C3)ccc21. The molecule has 5 rings (SSSR count). The van der Waals surface area contributed by atoms with Gasteiger partial charge in [-0.2, -0.15) is 0 Å². The summed E-state index contributed by atoms with van der Waals surface area (Å²) in [5.41, 5.74) is 0.775. The number of carbonyl (C=O) groups is 2. The van der Waals surface area contributed by atoms with E-state index in [-0.39, 0.29) is 35.3 Å². The minimum absolute atomic E-state index is 0.118. The second-order valence-corrected chi connectivity index (χ2v) is 10.2. The van der Waals surface area contributed by atoms with Crippen molar-refractivity contribution in [3.8, 4) is 0 Å². The largest absolute Gasteiger partial charge is 0.346 e. The van der Waals surface area contributed by atoms with Crippen LogP contribution in [0.5, 0.6) is 0 Å². The molecule has 2 aliphatic rings. The molecule has 0 bridgehead atoms. The number of aromatic nitrogens is 3. The normalized spacial score (nSPS) is 17.7. The highest BCUT2D eigenvalue weighted by Crippen LogP contribution is 2.30. The first-order chi connectivity index (χ1) is 17.8. The lowest BCUT2D eigenvalue weighted by atomic mass is 10.1. The number of piperidine rings is 1. The third-order valence-electron chi connectivity index (χ3n) is 7.02. The van der Waals surface area contributed by atoms with E-state index < -0.39 is 0 Å². The summed E-state index contributed by atoms with van der Waals surface area (Å²) in [4.78, 5) is 57.7. The van der Waals surface area contributed by atoms with Crippen LogP contribution in [-0.4, -0.2) is 50.1 Å². The van der Waals surface area contributed by atoms with E-state index in [0.717, 1.165) is 25.7 Å². The second-order valence-electron chi connectivity index (χ2n) is 10.2. The Labute approximate surface area is 214 Å². The Kier molecular flexibility index (Phi) is 6.82. The smallest absolute Gasteiger partial charge is 0.331 e. The van der Waals surface area contributed by atoms with Crippen molar-refractivity contribution in [1.82, 2.24) is 24.3 Å². The summed E-state index contributed by atoms with van der Waals surface area (Å²) in [6.07, 6.45) is 5.15. The summed E-state index contributed by atoms with van der Waals surface area (Å²) in [5.74, 6) is 0.109. The van der Waals surface area contributed by atoms with Gasteiger partial charge in [-0.3, -0.25) is 23.7 Å². The monoisotopic (exact) mass is 504 g/mol. The van der Waals surface area contributed by atoms with Crippen molar-refractivity contribution in [2.24, 2.45) is 5.92 Å². The molecule has 1 aliphatic heterocycles. The molecule has 0 unspecified atom stereocenters. The molecule has 0 spiro atoms. The zero-order chi connectivity index (χ0) is 26.1. The maximum atomic E-state index is 13.3. The van der Waals surface area contributed by atoms with Crippen LogP contribution in [0.1, 0.15) is 56.1 Å². The van der Waals surface area contributed by atoms with Crippen molar-refractivity contribution in [3.05, 3.63) is 69.1 Å². The van der Waals surface area contributed by atoms with E-state index in [1.54, 1.807) is 52.1 Å². The highest BCUT2D eigenvalue weighted by Gasteiger charge is 2.27. The van der Waals surface area contributed by atoms with Crippen LogP contribution in [0.15, 0.2) is 52.2 Å². The zero-order valence-electron chi connectivity index (χ0n) is 21.1. The number of amides is 3. The van der Waals surface area contributed by atoms with Gasteiger partial charge in [0.2, 0.25) is 0 Å². The number of anilines is 1. The van der Waals surface area contributed by atoms with Crippen LogP contribution in [0.3, 0.4) is 0 Å². The van der Waals surface area contributed by atoms with E-state index in [0.29, 0.717) is 47.8 Å². The van der Waals surface area contributed by atoms with Gasteiger partial charge in [0.1, 0.15) is 5.69 Å². The predicted octanol–water partition coefficient (Wildman–Crippen LogP) is 2.98. The van der Waals surface area contributed by atoms with Crippen molar-refractivity contribution in [2.75, 3.05) is 18.4 Å². The summed E-state index contributed by atoms with van der Waals surface area (Å²) in [6, 6.07) is 9.66. The summed E-state index contributed by atoms with van der Waals surface area (Å²) < 4.78 is 2.98. The maximum Gasteiger partial charge on any atom is 0.331 e. The molecule has 2 aromatic heterocycles. The van der Waals surface area contributed by atoms with Crippen LogP contribution < -0.4 is 21.9 Å². The topological polar surface area (TPSA) is 118 Å². The summed E-state index contributed by atoms with van der Waals surface area (Å²) in [6.45, 7) is 5.20. The summed E-state index contributed by atoms with van der Waals surface area (Å²) in [7, 11) is 0. The van der Waals surface area contributed by atoms with E-state index in [4.69, 9.17) is 0 Å². The van der Waals surface area contributed by atoms with Gasteiger partial charge in [0.25, 0.3) is 11.5 Å². The minimum atomic E-state index is -0.324. The number of nitrogens with zero attached hydrogens (tertiary/aromatic N) is 4. The second kappa shape index (κ2) is 10.2. The van der Waals surface area contributed by atoms with Gasteiger partial charge in [0.05, 0.1) is 10.9 Å². The van der Waals surface area contributed by atoms with Crippen molar-refractivity contribution in [1.29, 1.82) is 0 Å². The number of pyridine rings is 1. The molecule has 37 heavy (non-hydrogen) atoms. The lowest BCUT2D eigenvalue weighted by molar-refractivity contribution is 0.0908. The molecule has 194 valence electrons. The number of benzene rings is 1. The third kappa shape index (κ3) is 5.28. The Morgan fingerprint density at radius 2 is 1.92 bits per heavy atom. The van der Waals surface area contributed by atoms with Gasteiger partial charge in [-0.1, -0.05) is 6.07 Å². The van der Waals surface area contributed by atoms with Gasteiger partial charge in [0.15, 0.2) is 0 Å². The Morgan fingerprint density at radius 1 is 1.11 bits per heavy atom. The average Bonchev–Trinajstić information content (AvgIpc) is 3.72. The zero-order valence-corrected chi connectivity index (χ0v) is 21.1. The molecule has 3 heterocycles. The van der Waals surface area contributed by atoms with Crippen molar-refractivity contribution >= 4 is 28.5 Å². The van der Waals surface area contributed by atoms with Gasteiger partial charge in [0, 0.05) is 43.6 Å². The first kappa shape index (κ1) is 24.7. The summed E-state index contributed by atoms with van der Waals surface area (Å²) in [5, 5.41) is 6.27. The molecule has 1 aliphatic carbocycles. The highest BCUT2D eigenvalue weighted by atomic mass is 16.2. The van der Waals surface area contributed by atoms with E-state index in [1.807, 2.05) is 13.8 Å². The third-order valence-corrected chi connectivity index (χ3v) is 7.02. The number of carbonyl (C=O) groups excluding carboxylic acids is 2. The van der Waals surface area contributed by atoms with Gasteiger partial charge < -0.3 is 15.5 Å².